The van der Waals surface area contributed by atoms with Crippen LogP contribution in [0.1, 0.15) is 12.8 Å². The van der Waals surface area contributed by atoms with Crippen LogP contribution in [0, 0.1) is 0 Å². The number of carbonyl (C=O) groups excluding carboxylic acids is 1. The first kappa shape index (κ1) is 8.01. The highest BCUT2D eigenvalue weighted by atomic mass is 16.5. The minimum atomic E-state index is -0.559. The van der Waals surface area contributed by atoms with E-state index in [0.29, 0.717) is 39.2 Å². The summed E-state index contributed by atoms with van der Waals surface area (Å²) in [6.45, 7) is 2.54. The number of nitrogens with one attached hydrogen (secondary N) is 1. The normalized spacial score (nSPS) is 28.5. The van der Waals surface area contributed by atoms with Crippen molar-refractivity contribution >= 4 is 5.91 Å². The highest BCUT2D eigenvalue weighted by Gasteiger charge is 2.42. The van der Waals surface area contributed by atoms with Crippen molar-refractivity contribution in [1.29, 1.82) is 0 Å². The van der Waals surface area contributed by atoms with E-state index in [1.165, 1.54) is 0 Å². The lowest BCUT2D eigenvalue weighted by Gasteiger charge is -2.38. The summed E-state index contributed by atoms with van der Waals surface area (Å²) in [5, 5.41) is 2.82. The number of hydrogen-bond acceptors (Lipinski definition) is 3. The van der Waals surface area contributed by atoms with E-state index in [0.717, 1.165) is 0 Å². The van der Waals surface area contributed by atoms with Crippen LogP contribution < -0.4 is 5.32 Å². The van der Waals surface area contributed by atoms with E-state index in [1.807, 2.05) is 0 Å². The van der Waals surface area contributed by atoms with Crippen LogP contribution in [0.3, 0.4) is 0 Å². The van der Waals surface area contributed by atoms with Crippen LogP contribution in [0.25, 0.3) is 0 Å². The van der Waals surface area contributed by atoms with E-state index in [1.54, 1.807) is 0 Å². The Balaban J connectivity index is 2.09. The summed E-state index contributed by atoms with van der Waals surface area (Å²) >= 11 is 0. The molecule has 2 aliphatic rings. The zero-order chi connectivity index (χ0) is 8.44. The molecule has 4 heteroatoms. The van der Waals surface area contributed by atoms with Crippen molar-refractivity contribution in [2.75, 3.05) is 26.4 Å². The Morgan fingerprint density at radius 3 is 2.67 bits per heavy atom. The second kappa shape index (κ2) is 3.03. The molecule has 0 saturated carbocycles. The first-order valence-electron chi connectivity index (χ1n) is 4.33. The lowest BCUT2D eigenvalue weighted by molar-refractivity contribution is -0.168. The molecule has 1 N–H and O–H groups in total. The van der Waals surface area contributed by atoms with Crippen molar-refractivity contribution in [2.45, 2.75) is 18.4 Å². The molecular weight excluding hydrogens is 158 g/mol. The summed E-state index contributed by atoms with van der Waals surface area (Å²) < 4.78 is 10.7. The van der Waals surface area contributed by atoms with Crippen molar-refractivity contribution in [1.82, 2.24) is 5.32 Å². The van der Waals surface area contributed by atoms with E-state index in [2.05, 4.69) is 5.32 Å². The molecule has 2 aliphatic heterocycles. The Morgan fingerprint density at radius 2 is 2.00 bits per heavy atom. The quantitative estimate of drug-likeness (QED) is 0.543. The van der Waals surface area contributed by atoms with Crippen molar-refractivity contribution in [2.24, 2.45) is 0 Å². The van der Waals surface area contributed by atoms with Crippen molar-refractivity contribution in [3.63, 3.8) is 0 Å². The summed E-state index contributed by atoms with van der Waals surface area (Å²) in [7, 11) is 0. The third kappa shape index (κ3) is 1.21. The van der Waals surface area contributed by atoms with Gasteiger partial charge in [0, 0.05) is 32.6 Å². The molecule has 2 rings (SSSR count). The Hall–Kier alpha value is -0.610. The molecule has 0 aromatic rings. The van der Waals surface area contributed by atoms with Gasteiger partial charge in [-0.05, 0) is 0 Å². The summed E-state index contributed by atoms with van der Waals surface area (Å²) in [5.74, 6) is 0.0389. The van der Waals surface area contributed by atoms with Gasteiger partial charge in [0.15, 0.2) is 5.60 Å². The minimum absolute atomic E-state index is 0.0389. The fourth-order valence-corrected chi connectivity index (χ4v) is 1.71. The fourth-order valence-electron chi connectivity index (χ4n) is 1.71. The van der Waals surface area contributed by atoms with E-state index >= 15 is 0 Å². The number of carbonyl (C=O) groups is 1. The van der Waals surface area contributed by atoms with Gasteiger partial charge < -0.3 is 14.8 Å². The second-order valence-corrected chi connectivity index (χ2v) is 3.21. The summed E-state index contributed by atoms with van der Waals surface area (Å²) in [6, 6.07) is 0. The molecule has 1 amide bonds. The zero-order valence-corrected chi connectivity index (χ0v) is 6.97. The smallest absolute Gasteiger partial charge is 0.252 e. The number of hydrogen-bond donors (Lipinski definition) is 1. The first-order chi connectivity index (χ1) is 5.83. The van der Waals surface area contributed by atoms with Gasteiger partial charge in [0.05, 0.1) is 6.61 Å². The molecule has 2 saturated heterocycles. The summed E-state index contributed by atoms with van der Waals surface area (Å²) in [6.07, 6.45) is 1.39. The Morgan fingerprint density at radius 1 is 1.25 bits per heavy atom. The predicted octanol–water partition coefficient (Wildman–Crippen LogP) is -0.318. The van der Waals surface area contributed by atoms with Gasteiger partial charge in [0.1, 0.15) is 0 Å². The largest absolute Gasteiger partial charge is 0.381 e. The van der Waals surface area contributed by atoms with Crippen LogP contribution in [0.2, 0.25) is 0 Å². The Kier molecular flexibility index (Phi) is 2.02. The van der Waals surface area contributed by atoms with E-state index in [4.69, 9.17) is 9.47 Å². The van der Waals surface area contributed by atoms with Gasteiger partial charge in [0.2, 0.25) is 0 Å². The van der Waals surface area contributed by atoms with E-state index in [9.17, 15) is 4.79 Å². The molecular formula is C8H13NO3. The number of rotatable bonds is 0. The van der Waals surface area contributed by atoms with Gasteiger partial charge in [0.25, 0.3) is 5.91 Å². The summed E-state index contributed by atoms with van der Waals surface area (Å²) in [5.41, 5.74) is -0.559. The van der Waals surface area contributed by atoms with E-state index in [-0.39, 0.29) is 5.91 Å². The minimum Gasteiger partial charge on any atom is -0.381 e. The molecule has 4 nitrogen and oxygen atoms in total. The lowest BCUT2D eigenvalue weighted by Crippen LogP contribution is -2.57. The Labute approximate surface area is 71.2 Å². The second-order valence-electron chi connectivity index (χ2n) is 3.21. The van der Waals surface area contributed by atoms with Gasteiger partial charge in [-0.15, -0.1) is 0 Å². The van der Waals surface area contributed by atoms with Crippen LogP contribution in [-0.2, 0) is 14.3 Å². The maximum atomic E-state index is 11.5. The molecule has 1 spiro atoms. The monoisotopic (exact) mass is 171 g/mol. The molecule has 2 fully saturated rings. The highest BCUT2D eigenvalue weighted by molar-refractivity contribution is 5.85. The molecule has 0 atom stereocenters. The van der Waals surface area contributed by atoms with Crippen LogP contribution >= 0.6 is 0 Å². The third-order valence-electron chi connectivity index (χ3n) is 2.48. The van der Waals surface area contributed by atoms with E-state index < -0.39 is 5.60 Å². The molecule has 0 aromatic carbocycles. The topological polar surface area (TPSA) is 47.6 Å². The summed E-state index contributed by atoms with van der Waals surface area (Å²) in [4.78, 5) is 11.5. The number of amides is 1. The average Bonchev–Trinajstić information content (AvgIpc) is 2.12. The van der Waals surface area contributed by atoms with Gasteiger partial charge in [-0.1, -0.05) is 0 Å². The first-order valence-corrected chi connectivity index (χ1v) is 4.33. The van der Waals surface area contributed by atoms with Crippen LogP contribution in [-0.4, -0.2) is 37.9 Å². The Bertz CT molecular complexity index is 178. The van der Waals surface area contributed by atoms with Gasteiger partial charge in [-0.3, -0.25) is 4.79 Å². The highest BCUT2D eigenvalue weighted by Crippen LogP contribution is 2.26. The molecule has 0 bridgehead atoms. The standard InChI is InChI=1S/C8H13NO3/c10-7-8(12-6-3-9-7)1-4-11-5-2-8/h1-6H2,(H,9,10). The van der Waals surface area contributed by atoms with Crippen LogP contribution in [0.15, 0.2) is 0 Å². The predicted molar refractivity (Wildman–Crippen MR) is 41.7 cm³/mol. The number of ether oxygens (including phenoxy) is 2. The number of morpholine rings is 1. The van der Waals surface area contributed by atoms with Crippen molar-refractivity contribution in [3.05, 3.63) is 0 Å². The molecule has 0 radical (unpaired) electrons. The maximum Gasteiger partial charge on any atom is 0.252 e. The molecule has 0 unspecified atom stereocenters. The van der Waals surface area contributed by atoms with Crippen LogP contribution in [0.5, 0.6) is 0 Å². The SMILES string of the molecule is O=C1NCCOC12CCOCC2. The molecule has 68 valence electrons. The van der Waals surface area contributed by atoms with Gasteiger partial charge >= 0.3 is 0 Å². The zero-order valence-electron chi connectivity index (χ0n) is 6.97. The lowest BCUT2D eigenvalue weighted by atomic mass is 9.92. The maximum absolute atomic E-state index is 11.5. The molecule has 12 heavy (non-hydrogen) atoms. The third-order valence-corrected chi connectivity index (χ3v) is 2.48. The molecule has 0 aliphatic carbocycles. The fraction of sp³-hybridized carbons (Fsp3) is 0.875. The molecule has 0 aromatic heterocycles. The van der Waals surface area contributed by atoms with Gasteiger partial charge in [-0.25, -0.2) is 0 Å². The van der Waals surface area contributed by atoms with Gasteiger partial charge in [-0.2, -0.15) is 0 Å². The van der Waals surface area contributed by atoms with Crippen LogP contribution in [0.4, 0.5) is 0 Å². The van der Waals surface area contributed by atoms with Crippen molar-refractivity contribution < 1.29 is 14.3 Å². The average molecular weight is 171 g/mol. The van der Waals surface area contributed by atoms with Crippen molar-refractivity contribution in [3.8, 4) is 0 Å². The molecule has 2 heterocycles.